The minimum Gasteiger partial charge on any atom is -0.465 e. The highest BCUT2D eigenvalue weighted by atomic mass is 19.4. The van der Waals surface area contributed by atoms with Crippen molar-refractivity contribution in [2.24, 2.45) is 0 Å². The van der Waals surface area contributed by atoms with E-state index in [9.17, 15) is 31.1 Å². The van der Waals surface area contributed by atoms with E-state index < -0.39 is 40.6 Å². The van der Waals surface area contributed by atoms with E-state index in [1.807, 2.05) is 0 Å². The standard InChI is InChI=1S/C11H8F6O2/c1-5-3-6(10(12,13)14)4-7(11(15,16)17)8(5)9(18)19-2/h3-4H,1-2H3. The molecule has 0 spiro atoms. The summed E-state index contributed by atoms with van der Waals surface area (Å²) in [6, 6.07) is 0.376. The summed E-state index contributed by atoms with van der Waals surface area (Å²) in [7, 11) is 0.847. The SMILES string of the molecule is COC(=O)c1c(C)cc(C(F)(F)F)cc1C(F)(F)F. The Bertz CT molecular complexity index is 501. The summed E-state index contributed by atoms with van der Waals surface area (Å²) in [5.41, 5.74) is -4.49. The zero-order valence-corrected chi connectivity index (χ0v) is 9.74. The van der Waals surface area contributed by atoms with Gasteiger partial charge in [-0.1, -0.05) is 0 Å². The van der Waals surface area contributed by atoms with Crippen molar-refractivity contribution in [1.29, 1.82) is 0 Å². The van der Waals surface area contributed by atoms with Crippen molar-refractivity contribution in [1.82, 2.24) is 0 Å². The molecule has 1 rings (SSSR count). The summed E-state index contributed by atoms with van der Waals surface area (Å²) < 4.78 is 79.7. The zero-order valence-electron chi connectivity index (χ0n) is 9.74. The van der Waals surface area contributed by atoms with E-state index in [1.54, 1.807) is 0 Å². The molecular formula is C11H8F6O2. The largest absolute Gasteiger partial charge is 0.465 e. The van der Waals surface area contributed by atoms with E-state index in [-0.39, 0.29) is 6.07 Å². The van der Waals surface area contributed by atoms with Crippen LogP contribution in [0.4, 0.5) is 26.3 Å². The monoisotopic (exact) mass is 286 g/mol. The molecule has 0 aliphatic rings. The van der Waals surface area contributed by atoms with Gasteiger partial charge in [0.25, 0.3) is 0 Å². The van der Waals surface area contributed by atoms with Gasteiger partial charge in [-0.05, 0) is 24.6 Å². The van der Waals surface area contributed by atoms with Crippen molar-refractivity contribution >= 4 is 5.97 Å². The lowest BCUT2D eigenvalue weighted by Crippen LogP contribution is -2.18. The lowest BCUT2D eigenvalue weighted by Gasteiger charge is -2.17. The highest BCUT2D eigenvalue weighted by Gasteiger charge is 2.40. The van der Waals surface area contributed by atoms with Crippen LogP contribution in [0.25, 0.3) is 0 Å². The van der Waals surface area contributed by atoms with E-state index in [1.165, 1.54) is 0 Å². The Morgan fingerprint density at radius 3 is 1.95 bits per heavy atom. The molecule has 0 bridgehead atoms. The van der Waals surface area contributed by atoms with Crippen molar-refractivity contribution in [2.75, 3.05) is 7.11 Å². The first-order valence-electron chi connectivity index (χ1n) is 4.86. The van der Waals surface area contributed by atoms with Gasteiger partial charge in [0.15, 0.2) is 0 Å². The Labute approximate surface area is 104 Å². The predicted octanol–water partition coefficient (Wildman–Crippen LogP) is 3.82. The molecule has 1 aromatic rings. The number of benzene rings is 1. The smallest absolute Gasteiger partial charge is 0.417 e. The van der Waals surface area contributed by atoms with Crippen LogP contribution in [0.5, 0.6) is 0 Å². The van der Waals surface area contributed by atoms with Crippen LogP contribution in [0.1, 0.15) is 27.0 Å². The zero-order chi connectivity index (χ0) is 15.0. The maximum atomic E-state index is 12.7. The van der Waals surface area contributed by atoms with E-state index in [4.69, 9.17) is 0 Å². The first-order chi connectivity index (χ1) is 8.48. The first-order valence-corrected chi connectivity index (χ1v) is 4.86. The summed E-state index contributed by atoms with van der Waals surface area (Å²) in [6.45, 7) is 0.983. The van der Waals surface area contributed by atoms with Gasteiger partial charge in [0.1, 0.15) is 0 Å². The molecule has 0 amide bonds. The van der Waals surface area contributed by atoms with E-state index in [2.05, 4.69) is 4.74 Å². The fraction of sp³-hybridized carbons (Fsp3) is 0.364. The average molecular weight is 286 g/mol. The Hall–Kier alpha value is -1.73. The average Bonchev–Trinajstić information content (AvgIpc) is 2.24. The molecule has 0 saturated carbocycles. The summed E-state index contributed by atoms with van der Waals surface area (Å²) >= 11 is 0. The van der Waals surface area contributed by atoms with Gasteiger partial charge in [0, 0.05) is 0 Å². The molecule has 19 heavy (non-hydrogen) atoms. The molecule has 0 heterocycles. The molecule has 8 heteroatoms. The van der Waals surface area contributed by atoms with Gasteiger partial charge >= 0.3 is 18.3 Å². The Kier molecular flexibility index (Phi) is 3.83. The van der Waals surface area contributed by atoms with Gasteiger partial charge in [-0.25, -0.2) is 4.79 Å². The van der Waals surface area contributed by atoms with Crippen LogP contribution in [-0.4, -0.2) is 13.1 Å². The molecular weight excluding hydrogens is 278 g/mol. The maximum absolute atomic E-state index is 12.7. The second-order valence-electron chi connectivity index (χ2n) is 3.70. The lowest BCUT2D eigenvalue weighted by atomic mass is 9.97. The highest BCUT2D eigenvalue weighted by molar-refractivity contribution is 5.93. The van der Waals surface area contributed by atoms with Gasteiger partial charge in [0.2, 0.25) is 0 Å². The quantitative estimate of drug-likeness (QED) is 0.579. The fourth-order valence-electron chi connectivity index (χ4n) is 1.55. The number of esters is 1. The fourth-order valence-corrected chi connectivity index (χ4v) is 1.55. The molecule has 0 aromatic heterocycles. The summed E-state index contributed by atoms with van der Waals surface area (Å²) in [5.74, 6) is -1.33. The van der Waals surface area contributed by atoms with Gasteiger partial charge < -0.3 is 4.74 Å². The number of methoxy groups -OCH3 is 1. The van der Waals surface area contributed by atoms with Gasteiger partial charge in [-0.15, -0.1) is 0 Å². The maximum Gasteiger partial charge on any atom is 0.417 e. The van der Waals surface area contributed by atoms with Crippen LogP contribution < -0.4 is 0 Å². The van der Waals surface area contributed by atoms with Crippen LogP contribution in [0, 0.1) is 6.92 Å². The molecule has 0 aliphatic heterocycles. The second-order valence-corrected chi connectivity index (χ2v) is 3.70. The second kappa shape index (κ2) is 4.75. The van der Waals surface area contributed by atoms with Gasteiger partial charge in [0.05, 0.1) is 23.8 Å². The topological polar surface area (TPSA) is 26.3 Å². The number of hydrogen-bond donors (Lipinski definition) is 0. The molecule has 0 saturated heterocycles. The number of carbonyl (C=O) groups is 1. The molecule has 0 radical (unpaired) electrons. The van der Waals surface area contributed by atoms with Crippen molar-refractivity contribution in [3.8, 4) is 0 Å². The van der Waals surface area contributed by atoms with Crippen LogP contribution >= 0.6 is 0 Å². The van der Waals surface area contributed by atoms with Crippen molar-refractivity contribution < 1.29 is 35.9 Å². The highest BCUT2D eigenvalue weighted by Crippen LogP contribution is 2.38. The normalized spacial score (nSPS) is 12.4. The predicted molar refractivity (Wildman–Crippen MR) is 52.5 cm³/mol. The number of aryl methyl sites for hydroxylation is 1. The van der Waals surface area contributed by atoms with Crippen molar-refractivity contribution in [3.63, 3.8) is 0 Å². The Morgan fingerprint density at radius 2 is 1.58 bits per heavy atom. The van der Waals surface area contributed by atoms with Crippen LogP contribution in [-0.2, 0) is 17.1 Å². The first kappa shape index (κ1) is 15.3. The van der Waals surface area contributed by atoms with E-state index >= 15 is 0 Å². The molecule has 0 atom stereocenters. The minimum atomic E-state index is -5.09. The summed E-state index contributed by atoms with van der Waals surface area (Å²) in [5, 5.41) is 0. The van der Waals surface area contributed by atoms with Crippen LogP contribution in [0.2, 0.25) is 0 Å². The summed E-state index contributed by atoms with van der Waals surface area (Å²) in [4.78, 5) is 11.3. The number of alkyl halides is 6. The third-order valence-electron chi connectivity index (χ3n) is 2.36. The molecule has 0 fully saturated rings. The lowest BCUT2D eigenvalue weighted by molar-refractivity contribution is -0.143. The minimum absolute atomic E-state index is 0.0980. The number of hydrogen-bond acceptors (Lipinski definition) is 2. The molecule has 0 unspecified atom stereocenters. The number of rotatable bonds is 1. The van der Waals surface area contributed by atoms with Crippen LogP contribution in [0.3, 0.4) is 0 Å². The van der Waals surface area contributed by atoms with Gasteiger partial charge in [-0.2, -0.15) is 26.3 Å². The molecule has 0 aliphatic carbocycles. The van der Waals surface area contributed by atoms with Gasteiger partial charge in [-0.3, -0.25) is 0 Å². The Morgan fingerprint density at radius 1 is 1.05 bits per heavy atom. The third-order valence-corrected chi connectivity index (χ3v) is 2.36. The van der Waals surface area contributed by atoms with Crippen LogP contribution in [0.15, 0.2) is 12.1 Å². The Balaban J connectivity index is 3.62. The number of ether oxygens (including phenoxy) is 1. The van der Waals surface area contributed by atoms with E-state index in [0.29, 0.717) is 6.07 Å². The molecule has 1 aromatic carbocycles. The number of carbonyl (C=O) groups excluding carboxylic acids is 1. The molecule has 0 N–H and O–H groups in total. The van der Waals surface area contributed by atoms with Crippen molar-refractivity contribution in [2.45, 2.75) is 19.3 Å². The summed E-state index contributed by atoms with van der Waals surface area (Å²) in [6.07, 6.45) is -10.0. The van der Waals surface area contributed by atoms with E-state index in [0.717, 1.165) is 14.0 Å². The molecule has 2 nitrogen and oxygen atoms in total. The van der Waals surface area contributed by atoms with Crippen molar-refractivity contribution in [3.05, 3.63) is 34.4 Å². The molecule has 106 valence electrons. The third kappa shape index (κ3) is 3.18. The number of halogens is 6.